The monoisotopic (exact) mass is 486 g/mol. The van der Waals surface area contributed by atoms with Gasteiger partial charge in [-0.1, -0.05) is 29.8 Å². The van der Waals surface area contributed by atoms with Crippen LogP contribution < -0.4 is 10.0 Å². The van der Waals surface area contributed by atoms with Crippen LogP contribution in [0, 0.1) is 13.8 Å². The maximum absolute atomic E-state index is 13.0. The van der Waals surface area contributed by atoms with E-state index in [2.05, 4.69) is 10.0 Å². The van der Waals surface area contributed by atoms with Gasteiger partial charge in [-0.2, -0.15) is 0 Å². The number of ether oxygens (including phenoxy) is 1. The molecule has 0 bridgehead atoms. The molecule has 0 spiro atoms. The number of amides is 1. The summed E-state index contributed by atoms with van der Waals surface area (Å²) in [6.45, 7) is 5.37. The van der Waals surface area contributed by atoms with Gasteiger partial charge in [-0.25, -0.2) is 13.2 Å². The third-order valence-corrected chi connectivity index (χ3v) is 6.58. The first-order chi connectivity index (χ1) is 15.6. The van der Waals surface area contributed by atoms with E-state index < -0.39 is 21.9 Å². The normalized spacial score (nSPS) is 11.0. The molecule has 3 rings (SSSR count). The van der Waals surface area contributed by atoms with Gasteiger partial charge in [-0.15, -0.1) is 0 Å². The number of hydrogen-bond donors (Lipinski definition) is 2. The Bertz CT molecular complexity index is 1320. The predicted molar refractivity (Wildman–Crippen MR) is 129 cm³/mol. The maximum atomic E-state index is 13.0. The minimum atomic E-state index is -3.93. The summed E-state index contributed by atoms with van der Waals surface area (Å²) in [4.78, 5) is 24.9. The van der Waals surface area contributed by atoms with Crippen molar-refractivity contribution in [3.8, 4) is 0 Å². The van der Waals surface area contributed by atoms with Gasteiger partial charge in [-0.05, 0) is 74.4 Å². The second-order valence-corrected chi connectivity index (χ2v) is 9.38. The number of carbonyl (C=O) groups is 2. The van der Waals surface area contributed by atoms with Gasteiger partial charge in [0, 0.05) is 16.9 Å². The van der Waals surface area contributed by atoms with Gasteiger partial charge in [-0.3, -0.25) is 9.52 Å². The molecule has 0 heterocycles. The summed E-state index contributed by atoms with van der Waals surface area (Å²) in [6, 6.07) is 15.8. The summed E-state index contributed by atoms with van der Waals surface area (Å²) in [5, 5.41) is 2.85. The Morgan fingerprint density at radius 1 is 0.970 bits per heavy atom. The second kappa shape index (κ2) is 10.1. The summed E-state index contributed by atoms with van der Waals surface area (Å²) >= 11 is 6.06. The number of benzene rings is 3. The summed E-state index contributed by atoms with van der Waals surface area (Å²) in [5.74, 6) is -1.15. The zero-order valence-corrected chi connectivity index (χ0v) is 19.9. The highest BCUT2D eigenvalue weighted by Gasteiger charge is 2.20. The van der Waals surface area contributed by atoms with E-state index in [1.807, 2.05) is 13.0 Å². The summed E-state index contributed by atoms with van der Waals surface area (Å²) < 4.78 is 33.5. The molecule has 7 nitrogen and oxygen atoms in total. The van der Waals surface area contributed by atoms with Crippen molar-refractivity contribution >= 4 is 44.9 Å². The van der Waals surface area contributed by atoms with Crippen LogP contribution in [0.4, 0.5) is 11.4 Å². The van der Waals surface area contributed by atoms with Gasteiger partial charge in [0.15, 0.2) is 0 Å². The zero-order valence-electron chi connectivity index (χ0n) is 18.3. The van der Waals surface area contributed by atoms with Crippen LogP contribution in [0.3, 0.4) is 0 Å². The van der Waals surface area contributed by atoms with Gasteiger partial charge >= 0.3 is 5.97 Å². The minimum absolute atomic E-state index is 0.0139. The molecule has 3 aromatic carbocycles. The molecule has 0 aliphatic rings. The fourth-order valence-electron chi connectivity index (χ4n) is 3.12. The van der Waals surface area contributed by atoms with Crippen molar-refractivity contribution in [1.29, 1.82) is 0 Å². The quantitative estimate of drug-likeness (QED) is 0.448. The average molecular weight is 487 g/mol. The molecule has 172 valence electrons. The maximum Gasteiger partial charge on any atom is 0.339 e. The molecule has 33 heavy (non-hydrogen) atoms. The van der Waals surface area contributed by atoms with Crippen molar-refractivity contribution in [2.45, 2.75) is 25.7 Å². The summed E-state index contributed by atoms with van der Waals surface area (Å²) in [6.07, 6.45) is 0. The lowest BCUT2D eigenvalue weighted by atomic mass is 10.1. The number of carbonyl (C=O) groups excluding carboxylic acids is 2. The van der Waals surface area contributed by atoms with E-state index in [4.69, 9.17) is 16.3 Å². The lowest BCUT2D eigenvalue weighted by molar-refractivity contribution is 0.0526. The van der Waals surface area contributed by atoms with Crippen molar-refractivity contribution in [2.75, 3.05) is 16.6 Å². The van der Waals surface area contributed by atoms with Crippen LogP contribution in [-0.4, -0.2) is 26.9 Å². The first kappa shape index (κ1) is 24.3. The molecule has 0 fully saturated rings. The molecular weight excluding hydrogens is 464 g/mol. The molecule has 0 atom stereocenters. The average Bonchev–Trinajstić information content (AvgIpc) is 2.75. The van der Waals surface area contributed by atoms with Crippen molar-refractivity contribution in [3.63, 3.8) is 0 Å². The van der Waals surface area contributed by atoms with Gasteiger partial charge in [0.2, 0.25) is 0 Å². The number of halogens is 1. The van der Waals surface area contributed by atoms with E-state index in [0.717, 1.165) is 5.56 Å². The molecule has 9 heteroatoms. The van der Waals surface area contributed by atoms with Gasteiger partial charge in [0.1, 0.15) is 0 Å². The van der Waals surface area contributed by atoms with Crippen molar-refractivity contribution in [1.82, 2.24) is 0 Å². The lowest BCUT2D eigenvalue weighted by Gasteiger charge is -2.13. The van der Waals surface area contributed by atoms with Crippen LogP contribution in [0.15, 0.2) is 65.6 Å². The van der Waals surface area contributed by atoms with Gasteiger partial charge in [0.05, 0.1) is 22.1 Å². The molecule has 0 aromatic heterocycles. The molecule has 0 radical (unpaired) electrons. The molecule has 0 saturated carbocycles. The topological polar surface area (TPSA) is 102 Å². The van der Waals surface area contributed by atoms with Crippen LogP contribution in [0.1, 0.15) is 38.8 Å². The van der Waals surface area contributed by atoms with Crippen LogP contribution >= 0.6 is 11.6 Å². The van der Waals surface area contributed by atoms with E-state index in [9.17, 15) is 18.0 Å². The van der Waals surface area contributed by atoms with Gasteiger partial charge < -0.3 is 10.1 Å². The van der Waals surface area contributed by atoms with Crippen LogP contribution in [0.5, 0.6) is 0 Å². The molecule has 3 aromatic rings. The van der Waals surface area contributed by atoms with E-state index in [1.165, 1.54) is 30.3 Å². The standard InChI is InChI=1S/C24H23ClN2O5S/c1-4-32-24(29)20-14-18(10-11-21(20)25)26-23(28)17-9-8-16(3)22(13-17)33(30,31)27-19-7-5-6-15(2)12-19/h5-14,27H,4H2,1-3H3,(H,26,28). The van der Waals surface area contributed by atoms with E-state index in [0.29, 0.717) is 16.9 Å². The Balaban J connectivity index is 1.86. The first-order valence-corrected chi connectivity index (χ1v) is 11.9. The highest BCUT2D eigenvalue weighted by atomic mass is 35.5. The summed E-state index contributed by atoms with van der Waals surface area (Å²) in [7, 11) is -3.93. The number of sulfonamides is 1. The number of rotatable bonds is 7. The predicted octanol–water partition coefficient (Wildman–Crippen LogP) is 5.19. The second-order valence-electron chi connectivity index (χ2n) is 7.32. The van der Waals surface area contributed by atoms with Crippen molar-refractivity contribution < 1.29 is 22.7 Å². The Morgan fingerprint density at radius 3 is 2.42 bits per heavy atom. The fourth-order valence-corrected chi connectivity index (χ4v) is 4.64. The Morgan fingerprint density at radius 2 is 1.73 bits per heavy atom. The number of esters is 1. The minimum Gasteiger partial charge on any atom is -0.462 e. The molecule has 2 N–H and O–H groups in total. The molecule has 0 saturated heterocycles. The van der Waals surface area contributed by atoms with Crippen LogP contribution in [0.2, 0.25) is 5.02 Å². The molecular formula is C24H23ClN2O5S. The smallest absolute Gasteiger partial charge is 0.339 e. The number of hydrogen-bond acceptors (Lipinski definition) is 5. The fraction of sp³-hybridized carbons (Fsp3) is 0.167. The van der Waals surface area contributed by atoms with Crippen LogP contribution in [-0.2, 0) is 14.8 Å². The first-order valence-electron chi connectivity index (χ1n) is 10.1. The Kier molecular flexibility index (Phi) is 7.40. The summed E-state index contributed by atoms with van der Waals surface area (Å²) in [5.41, 5.74) is 2.39. The highest BCUT2D eigenvalue weighted by molar-refractivity contribution is 7.92. The number of aryl methyl sites for hydroxylation is 2. The molecule has 1 amide bonds. The SMILES string of the molecule is CCOC(=O)c1cc(NC(=O)c2ccc(C)c(S(=O)(=O)Nc3cccc(C)c3)c2)ccc1Cl. The number of nitrogens with one attached hydrogen (secondary N) is 2. The van der Waals surface area contributed by atoms with E-state index in [1.54, 1.807) is 38.1 Å². The van der Waals surface area contributed by atoms with E-state index in [-0.39, 0.29) is 27.7 Å². The van der Waals surface area contributed by atoms with Gasteiger partial charge in [0.25, 0.3) is 15.9 Å². The van der Waals surface area contributed by atoms with Crippen LogP contribution in [0.25, 0.3) is 0 Å². The third kappa shape index (κ3) is 5.91. The molecule has 0 unspecified atom stereocenters. The number of anilines is 2. The van der Waals surface area contributed by atoms with Crippen molar-refractivity contribution in [2.24, 2.45) is 0 Å². The molecule has 0 aliphatic carbocycles. The Hall–Kier alpha value is -3.36. The molecule has 0 aliphatic heterocycles. The largest absolute Gasteiger partial charge is 0.462 e. The third-order valence-electron chi connectivity index (χ3n) is 4.73. The highest BCUT2D eigenvalue weighted by Crippen LogP contribution is 2.24. The Labute approximate surface area is 197 Å². The van der Waals surface area contributed by atoms with E-state index >= 15 is 0 Å². The van der Waals surface area contributed by atoms with Crippen molar-refractivity contribution in [3.05, 3.63) is 87.9 Å². The zero-order chi connectivity index (χ0) is 24.2. The lowest BCUT2D eigenvalue weighted by Crippen LogP contribution is -2.17.